The molecule has 1 aromatic heterocycles. The Morgan fingerprint density at radius 3 is 2.56 bits per heavy atom. The van der Waals surface area contributed by atoms with Crippen LogP contribution in [0.3, 0.4) is 0 Å². The molecule has 0 saturated heterocycles. The number of hydrogen-bond donors (Lipinski definition) is 2. The van der Waals surface area contributed by atoms with E-state index in [4.69, 9.17) is 5.73 Å². The minimum Gasteiger partial charge on any atom is -0.347 e. The van der Waals surface area contributed by atoms with Crippen LogP contribution >= 0.6 is 11.3 Å². The molecular weight excluding hydrogens is 246 g/mol. The van der Waals surface area contributed by atoms with Crippen LogP contribution in [0.5, 0.6) is 0 Å². The van der Waals surface area contributed by atoms with Gasteiger partial charge in [0.1, 0.15) is 5.01 Å². The molecule has 0 aliphatic carbocycles. The minimum absolute atomic E-state index is 0.0374. The third-order valence-corrected chi connectivity index (χ3v) is 4.73. The fourth-order valence-electron chi connectivity index (χ4n) is 1.94. The maximum atomic E-state index is 12.3. The molecule has 18 heavy (non-hydrogen) atoms. The maximum Gasteiger partial charge on any atom is 0.228 e. The fourth-order valence-corrected chi connectivity index (χ4v) is 2.74. The number of thiazole rings is 1. The van der Waals surface area contributed by atoms with Crippen LogP contribution in [0, 0.1) is 12.3 Å². The third-order valence-electron chi connectivity index (χ3n) is 3.58. The van der Waals surface area contributed by atoms with E-state index in [0.717, 1.165) is 23.5 Å². The molecule has 102 valence electrons. The largest absolute Gasteiger partial charge is 0.347 e. The first-order valence-electron chi connectivity index (χ1n) is 6.42. The van der Waals surface area contributed by atoms with Gasteiger partial charge in [-0.05, 0) is 26.7 Å². The molecule has 1 atom stereocenters. The van der Waals surface area contributed by atoms with Crippen LogP contribution in [-0.2, 0) is 4.79 Å². The summed E-state index contributed by atoms with van der Waals surface area (Å²) in [6, 6.07) is -0.0553. The second kappa shape index (κ2) is 6.29. The van der Waals surface area contributed by atoms with Crippen molar-refractivity contribution in [3.8, 4) is 0 Å². The highest BCUT2D eigenvalue weighted by Crippen LogP contribution is 2.27. The van der Waals surface area contributed by atoms with E-state index in [1.165, 1.54) is 0 Å². The molecule has 0 aliphatic heterocycles. The third kappa shape index (κ3) is 3.09. The highest BCUT2D eigenvalue weighted by Gasteiger charge is 2.34. The van der Waals surface area contributed by atoms with Gasteiger partial charge in [0.2, 0.25) is 5.91 Å². The van der Waals surface area contributed by atoms with E-state index in [1.807, 2.05) is 33.1 Å². The zero-order valence-corrected chi connectivity index (χ0v) is 12.4. The van der Waals surface area contributed by atoms with Gasteiger partial charge in [-0.25, -0.2) is 4.98 Å². The van der Waals surface area contributed by atoms with Crippen molar-refractivity contribution in [2.75, 3.05) is 6.54 Å². The Morgan fingerprint density at radius 2 is 2.17 bits per heavy atom. The molecule has 0 aromatic carbocycles. The number of nitrogens with one attached hydrogen (secondary N) is 1. The van der Waals surface area contributed by atoms with Crippen molar-refractivity contribution < 1.29 is 4.79 Å². The number of carbonyl (C=O) groups excluding carboxylic acids is 1. The van der Waals surface area contributed by atoms with Crippen LogP contribution in [0.2, 0.25) is 0 Å². The molecule has 1 amide bonds. The predicted octanol–water partition coefficient (Wildman–Crippen LogP) is 2.39. The van der Waals surface area contributed by atoms with E-state index in [2.05, 4.69) is 10.3 Å². The Bertz CT molecular complexity index is 390. The molecule has 3 N–H and O–H groups in total. The van der Waals surface area contributed by atoms with Crippen LogP contribution in [0.25, 0.3) is 0 Å². The van der Waals surface area contributed by atoms with Crippen LogP contribution in [-0.4, -0.2) is 17.4 Å². The fraction of sp³-hybridized carbons (Fsp3) is 0.692. The van der Waals surface area contributed by atoms with E-state index >= 15 is 0 Å². The zero-order chi connectivity index (χ0) is 13.8. The minimum atomic E-state index is -0.444. The lowest BCUT2D eigenvalue weighted by atomic mass is 9.81. The molecular formula is C13H23N3OS. The van der Waals surface area contributed by atoms with Crippen molar-refractivity contribution >= 4 is 17.2 Å². The first kappa shape index (κ1) is 15.1. The number of carbonyl (C=O) groups is 1. The summed E-state index contributed by atoms with van der Waals surface area (Å²) in [5.74, 6) is 0.0374. The summed E-state index contributed by atoms with van der Waals surface area (Å²) < 4.78 is 0. The summed E-state index contributed by atoms with van der Waals surface area (Å²) in [5.41, 5.74) is 6.32. The number of hydrogen-bond acceptors (Lipinski definition) is 4. The summed E-state index contributed by atoms with van der Waals surface area (Å²) in [6.45, 7) is 8.32. The second-order valence-corrected chi connectivity index (χ2v) is 5.60. The van der Waals surface area contributed by atoms with Gasteiger partial charge in [-0.15, -0.1) is 11.3 Å². The van der Waals surface area contributed by atoms with Gasteiger partial charge in [-0.2, -0.15) is 0 Å². The molecule has 0 saturated carbocycles. The molecule has 1 heterocycles. The van der Waals surface area contributed by atoms with Crippen molar-refractivity contribution in [2.24, 2.45) is 11.1 Å². The Hall–Kier alpha value is -0.940. The standard InChI is InChI=1S/C13H23N3OS/c1-5-13(6-2,8-14)12(17)16-10(4)11-15-9(3)7-18-11/h7,10H,5-6,8,14H2,1-4H3,(H,16,17). The van der Waals surface area contributed by atoms with Gasteiger partial charge in [0.25, 0.3) is 0 Å². The SMILES string of the molecule is CCC(CC)(CN)C(=O)NC(C)c1nc(C)cs1. The smallest absolute Gasteiger partial charge is 0.228 e. The average Bonchev–Trinajstić information content (AvgIpc) is 2.79. The molecule has 1 unspecified atom stereocenters. The molecule has 0 aliphatic rings. The summed E-state index contributed by atoms with van der Waals surface area (Å²) >= 11 is 1.58. The number of nitrogens with two attached hydrogens (primary N) is 1. The second-order valence-electron chi connectivity index (χ2n) is 4.71. The highest BCUT2D eigenvalue weighted by atomic mass is 32.1. The monoisotopic (exact) mass is 269 g/mol. The Kier molecular flexibility index (Phi) is 5.28. The maximum absolute atomic E-state index is 12.3. The molecule has 0 radical (unpaired) electrons. The lowest BCUT2D eigenvalue weighted by molar-refractivity contribution is -0.131. The quantitative estimate of drug-likeness (QED) is 0.833. The van der Waals surface area contributed by atoms with Gasteiger partial charge in [0.05, 0.1) is 11.5 Å². The number of rotatable bonds is 6. The van der Waals surface area contributed by atoms with Crippen molar-refractivity contribution in [2.45, 2.75) is 46.6 Å². The predicted molar refractivity (Wildman–Crippen MR) is 75.5 cm³/mol. The van der Waals surface area contributed by atoms with Gasteiger partial charge in [-0.3, -0.25) is 4.79 Å². The molecule has 5 heteroatoms. The van der Waals surface area contributed by atoms with Gasteiger partial charge >= 0.3 is 0 Å². The molecule has 4 nitrogen and oxygen atoms in total. The van der Waals surface area contributed by atoms with E-state index in [1.54, 1.807) is 11.3 Å². The van der Waals surface area contributed by atoms with Gasteiger partial charge in [0, 0.05) is 17.6 Å². The molecule has 1 rings (SSSR count). The topological polar surface area (TPSA) is 68.0 Å². The summed E-state index contributed by atoms with van der Waals surface area (Å²) in [7, 11) is 0. The van der Waals surface area contributed by atoms with Crippen molar-refractivity contribution in [3.05, 3.63) is 16.1 Å². The Balaban J connectivity index is 2.75. The zero-order valence-electron chi connectivity index (χ0n) is 11.6. The van der Waals surface area contributed by atoms with Crippen LogP contribution < -0.4 is 11.1 Å². The molecule has 0 fully saturated rings. The number of amides is 1. The first-order chi connectivity index (χ1) is 8.49. The van der Waals surface area contributed by atoms with Gasteiger partial charge in [0.15, 0.2) is 0 Å². The summed E-state index contributed by atoms with van der Waals surface area (Å²) in [5, 5.41) is 5.97. The molecule has 0 bridgehead atoms. The van der Waals surface area contributed by atoms with Crippen molar-refractivity contribution in [1.82, 2.24) is 10.3 Å². The normalized spacial score (nSPS) is 13.4. The van der Waals surface area contributed by atoms with Crippen molar-refractivity contribution in [1.29, 1.82) is 0 Å². The van der Waals surface area contributed by atoms with E-state index < -0.39 is 5.41 Å². The Labute approximate surface area is 113 Å². The van der Waals surface area contributed by atoms with E-state index in [0.29, 0.717) is 6.54 Å². The summed E-state index contributed by atoms with van der Waals surface area (Å²) in [4.78, 5) is 16.7. The van der Waals surface area contributed by atoms with E-state index in [-0.39, 0.29) is 11.9 Å². The molecule has 1 aromatic rings. The first-order valence-corrected chi connectivity index (χ1v) is 7.30. The lowest BCUT2D eigenvalue weighted by Crippen LogP contribution is -2.46. The highest BCUT2D eigenvalue weighted by molar-refractivity contribution is 7.09. The van der Waals surface area contributed by atoms with Crippen LogP contribution in [0.15, 0.2) is 5.38 Å². The van der Waals surface area contributed by atoms with E-state index in [9.17, 15) is 4.79 Å². The Morgan fingerprint density at radius 1 is 1.56 bits per heavy atom. The number of aryl methyl sites for hydroxylation is 1. The van der Waals surface area contributed by atoms with Gasteiger partial charge < -0.3 is 11.1 Å². The van der Waals surface area contributed by atoms with Crippen molar-refractivity contribution in [3.63, 3.8) is 0 Å². The van der Waals surface area contributed by atoms with Crippen LogP contribution in [0.4, 0.5) is 0 Å². The lowest BCUT2D eigenvalue weighted by Gasteiger charge is -2.29. The number of nitrogens with zero attached hydrogens (tertiary/aromatic N) is 1. The molecule has 0 spiro atoms. The number of aromatic nitrogens is 1. The van der Waals surface area contributed by atoms with Gasteiger partial charge in [-0.1, -0.05) is 13.8 Å². The summed E-state index contributed by atoms with van der Waals surface area (Å²) in [6.07, 6.45) is 1.52. The average molecular weight is 269 g/mol. The van der Waals surface area contributed by atoms with Crippen LogP contribution in [0.1, 0.15) is 50.4 Å².